The van der Waals surface area contributed by atoms with Gasteiger partial charge in [0, 0.05) is 41.3 Å². The van der Waals surface area contributed by atoms with Gasteiger partial charge in [0.05, 0.1) is 10.4 Å². The quantitative estimate of drug-likeness (QED) is 0.311. The summed E-state index contributed by atoms with van der Waals surface area (Å²) < 4.78 is 0.884. The van der Waals surface area contributed by atoms with Gasteiger partial charge >= 0.3 is 0 Å². The molecular weight excluding hydrogens is 444 g/mol. The van der Waals surface area contributed by atoms with Crippen molar-refractivity contribution in [2.24, 2.45) is 11.1 Å². The van der Waals surface area contributed by atoms with Crippen molar-refractivity contribution in [3.63, 3.8) is 0 Å². The smallest absolute Gasteiger partial charge is 0.230 e. The molecule has 0 fully saturated rings. The van der Waals surface area contributed by atoms with Crippen molar-refractivity contribution < 1.29 is 4.79 Å². The number of aromatic nitrogens is 3. The first-order valence-electron chi connectivity index (χ1n) is 11.4. The largest absolute Gasteiger partial charge is 0.367 e. The molecule has 8 heteroatoms. The van der Waals surface area contributed by atoms with Crippen LogP contribution in [-0.2, 0) is 11.2 Å². The Morgan fingerprint density at radius 1 is 1.12 bits per heavy atom. The minimum absolute atomic E-state index is 0.0295. The molecule has 3 heterocycles. The van der Waals surface area contributed by atoms with Gasteiger partial charge < -0.3 is 16.4 Å². The van der Waals surface area contributed by atoms with E-state index < -0.39 is 5.41 Å². The van der Waals surface area contributed by atoms with Crippen LogP contribution in [0.2, 0.25) is 0 Å². The normalized spacial score (nSPS) is 12.5. The molecule has 0 saturated heterocycles. The first-order chi connectivity index (χ1) is 16.4. The van der Waals surface area contributed by atoms with Crippen molar-refractivity contribution in [1.82, 2.24) is 15.0 Å². The Balaban J connectivity index is 1.64. The van der Waals surface area contributed by atoms with Gasteiger partial charge in [0.15, 0.2) is 5.82 Å². The maximum atomic E-state index is 12.8. The molecule has 0 aliphatic carbocycles. The molecule has 7 nitrogen and oxygen atoms in total. The van der Waals surface area contributed by atoms with Gasteiger partial charge in [0.1, 0.15) is 11.3 Å². The minimum atomic E-state index is -0.472. The summed E-state index contributed by atoms with van der Waals surface area (Å²) in [4.78, 5) is 26.5. The predicted octanol–water partition coefficient (Wildman–Crippen LogP) is 5.11. The summed E-state index contributed by atoms with van der Waals surface area (Å²) in [5.74, 6) is 1.25. The first kappa shape index (κ1) is 23.8. The molecule has 34 heavy (non-hydrogen) atoms. The number of hydrogen-bond acceptors (Lipinski definition) is 7. The van der Waals surface area contributed by atoms with Gasteiger partial charge in [-0.25, -0.2) is 9.97 Å². The molecule has 0 bridgehead atoms. The molecule has 0 unspecified atom stereocenters. The molecule has 176 valence electrons. The maximum Gasteiger partial charge on any atom is 0.230 e. The Labute approximate surface area is 203 Å². The lowest BCUT2D eigenvalue weighted by atomic mass is 9.89. The van der Waals surface area contributed by atoms with Gasteiger partial charge in [0.2, 0.25) is 5.91 Å². The van der Waals surface area contributed by atoms with Gasteiger partial charge in [-0.1, -0.05) is 51.1 Å². The van der Waals surface area contributed by atoms with Crippen molar-refractivity contribution in [3.8, 4) is 11.4 Å². The fourth-order valence-electron chi connectivity index (χ4n) is 3.43. The van der Waals surface area contributed by atoms with E-state index in [4.69, 9.17) is 15.7 Å². The number of hydrogen-bond donors (Lipinski definition) is 3. The summed E-state index contributed by atoms with van der Waals surface area (Å²) in [7, 11) is 0. The summed E-state index contributed by atoms with van der Waals surface area (Å²) in [5.41, 5.74) is 9.40. The second-order valence-electron chi connectivity index (χ2n) is 8.98. The third kappa shape index (κ3) is 5.40. The first-order valence-corrected chi connectivity index (χ1v) is 12.3. The van der Waals surface area contributed by atoms with Crippen LogP contribution in [0.4, 0.5) is 11.5 Å². The number of nitrogens with one attached hydrogen (secondary N) is 2. The second kappa shape index (κ2) is 10.3. The number of nitrogens with two attached hydrogens (primary N) is 1. The van der Waals surface area contributed by atoms with Crippen molar-refractivity contribution >= 4 is 39.0 Å². The fourth-order valence-corrected chi connectivity index (χ4v) is 4.33. The lowest BCUT2D eigenvalue weighted by Crippen LogP contribution is -2.31. The van der Waals surface area contributed by atoms with Crippen molar-refractivity contribution in [2.75, 3.05) is 17.2 Å². The number of carbonyl (C=O) groups excluding carboxylic acids is 1. The molecule has 4 N–H and O–H groups in total. The van der Waals surface area contributed by atoms with Gasteiger partial charge in [-0.05, 0) is 30.5 Å². The minimum Gasteiger partial charge on any atom is -0.367 e. The molecule has 3 aromatic heterocycles. The summed E-state index contributed by atoms with van der Waals surface area (Å²) in [6.07, 6.45) is 4.93. The molecule has 4 aromatic rings. The van der Waals surface area contributed by atoms with Crippen LogP contribution in [0.15, 0.2) is 60.2 Å². The molecule has 0 saturated carbocycles. The number of pyridine rings is 1. The third-order valence-electron chi connectivity index (χ3n) is 5.97. The summed E-state index contributed by atoms with van der Waals surface area (Å²) >= 11 is 1.50. The number of thiophene rings is 1. The van der Waals surface area contributed by atoms with E-state index in [9.17, 15) is 4.79 Å². The van der Waals surface area contributed by atoms with E-state index in [1.54, 1.807) is 12.4 Å². The number of fused-ring (bicyclic) bond motifs is 1. The topological polar surface area (TPSA) is 106 Å². The number of benzene rings is 1. The average molecular weight is 475 g/mol. The van der Waals surface area contributed by atoms with E-state index in [0.29, 0.717) is 29.4 Å². The van der Waals surface area contributed by atoms with Gasteiger partial charge in [0.25, 0.3) is 0 Å². The Kier molecular flexibility index (Phi) is 7.19. The van der Waals surface area contributed by atoms with E-state index >= 15 is 0 Å². The van der Waals surface area contributed by atoms with Gasteiger partial charge in [-0.3, -0.25) is 9.78 Å². The zero-order valence-corrected chi connectivity index (χ0v) is 20.5. The van der Waals surface area contributed by atoms with Crippen LogP contribution in [0.3, 0.4) is 0 Å². The fraction of sp³-hybridized carbons (Fsp3) is 0.308. The summed E-state index contributed by atoms with van der Waals surface area (Å²) in [6, 6.07) is 13.9. The van der Waals surface area contributed by atoms with Gasteiger partial charge in [-0.2, -0.15) is 0 Å². The molecule has 1 atom stereocenters. The highest BCUT2D eigenvalue weighted by molar-refractivity contribution is 7.18. The Bertz CT molecular complexity index is 1260. The van der Waals surface area contributed by atoms with E-state index in [2.05, 4.69) is 27.8 Å². The number of anilines is 2. The molecule has 0 spiro atoms. The van der Waals surface area contributed by atoms with Crippen LogP contribution in [0.25, 0.3) is 21.6 Å². The Morgan fingerprint density at radius 3 is 2.56 bits per heavy atom. The number of carbonyl (C=O) groups is 1. The van der Waals surface area contributed by atoms with Crippen molar-refractivity contribution in [2.45, 2.75) is 39.7 Å². The maximum absolute atomic E-state index is 12.8. The third-order valence-corrected chi connectivity index (χ3v) is 6.95. The van der Waals surface area contributed by atoms with E-state index in [1.807, 2.05) is 56.5 Å². The summed E-state index contributed by atoms with van der Waals surface area (Å²) in [6.45, 7) is 6.44. The highest BCUT2D eigenvalue weighted by Gasteiger charge is 2.26. The molecule has 0 radical (unpaired) electrons. The predicted molar refractivity (Wildman–Crippen MR) is 140 cm³/mol. The zero-order chi connectivity index (χ0) is 24.1. The van der Waals surface area contributed by atoms with Crippen LogP contribution >= 0.6 is 11.3 Å². The molecule has 1 aromatic carbocycles. The van der Waals surface area contributed by atoms with Crippen molar-refractivity contribution in [1.29, 1.82) is 0 Å². The lowest BCUT2D eigenvalue weighted by molar-refractivity contribution is -0.124. The highest BCUT2D eigenvalue weighted by atomic mass is 32.1. The van der Waals surface area contributed by atoms with Crippen molar-refractivity contribution in [3.05, 3.63) is 65.8 Å². The van der Waals surface area contributed by atoms with Crippen LogP contribution in [0.1, 0.15) is 32.8 Å². The number of rotatable bonds is 9. The molecule has 0 aliphatic rings. The second-order valence-corrected chi connectivity index (χ2v) is 9.86. The lowest BCUT2D eigenvalue weighted by Gasteiger charge is -2.21. The van der Waals surface area contributed by atoms with Crippen LogP contribution < -0.4 is 16.4 Å². The van der Waals surface area contributed by atoms with Gasteiger partial charge in [-0.15, -0.1) is 11.3 Å². The molecular formula is C26H30N6OS. The zero-order valence-electron chi connectivity index (χ0n) is 19.7. The highest BCUT2D eigenvalue weighted by Crippen LogP contribution is 2.36. The van der Waals surface area contributed by atoms with Crippen LogP contribution in [0.5, 0.6) is 0 Å². The van der Waals surface area contributed by atoms with Crippen LogP contribution in [-0.4, -0.2) is 33.4 Å². The monoisotopic (exact) mass is 474 g/mol. The van der Waals surface area contributed by atoms with E-state index in [0.717, 1.165) is 23.1 Å². The number of nitrogens with zero attached hydrogens (tertiary/aromatic N) is 3. The van der Waals surface area contributed by atoms with E-state index in [-0.39, 0.29) is 11.9 Å². The average Bonchev–Trinajstić information content (AvgIpc) is 3.26. The standard InChI is InChI=1S/C26H30N6OS/c1-4-26(2,3)25(33)30-20-16-34-22-21(20)31-23(18-10-12-28-13-11-18)32-24(22)29-15-19(27)14-17-8-6-5-7-9-17/h5-13,16,19H,4,14-15,27H2,1-3H3,(H,30,33)(H,29,31,32)/t19-/m1/s1. The van der Waals surface area contributed by atoms with Crippen LogP contribution in [0, 0.1) is 5.41 Å². The molecule has 0 aliphatic heterocycles. The Morgan fingerprint density at radius 2 is 1.85 bits per heavy atom. The SMILES string of the molecule is CCC(C)(C)C(=O)Nc1csc2c(NC[C@H](N)Cc3ccccc3)nc(-c3ccncc3)nc12. The number of amides is 1. The molecule has 4 rings (SSSR count). The molecule has 1 amide bonds. The Hall–Kier alpha value is -3.36. The van der Waals surface area contributed by atoms with E-state index in [1.165, 1.54) is 16.9 Å². The summed E-state index contributed by atoms with van der Waals surface area (Å²) in [5, 5.41) is 8.43.